The van der Waals surface area contributed by atoms with Gasteiger partial charge in [0.2, 0.25) is 21.8 Å². The van der Waals surface area contributed by atoms with Crippen molar-refractivity contribution in [1.82, 2.24) is 4.72 Å². The fraction of sp³-hybridized carbons (Fsp3) is 0.364. The molecule has 10 heteroatoms. The van der Waals surface area contributed by atoms with E-state index in [0.29, 0.717) is 31.0 Å². The van der Waals surface area contributed by atoms with Crippen molar-refractivity contribution in [2.75, 3.05) is 36.5 Å². The Bertz CT molecular complexity index is 1040. The molecular formula is C22H26FN3O5S. The largest absolute Gasteiger partial charge is 0.382 e. The number of anilines is 2. The monoisotopic (exact) mass is 463 g/mol. The standard InChI is InChI=1S/C22H26FN3O5S/c1-2-31-13-3-12-24-32(29,30)20-10-6-18(7-11-20)25-22(28)16-14-21(27)26(15-16)19-8-4-17(23)5-9-19/h4-11,16,24H,2-3,12-15H2,1H3,(H,25,28)/t16-/m1/s1. The zero-order valence-electron chi connectivity index (χ0n) is 17.7. The van der Waals surface area contributed by atoms with Gasteiger partial charge in [0, 0.05) is 44.1 Å². The molecule has 0 unspecified atom stereocenters. The second kappa shape index (κ2) is 10.7. The maximum Gasteiger partial charge on any atom is 0.240 e. The van der Waals surface area contributed by atoms with E-state index in [1.807, 2.05) is 6.92 Å². The molecule has 1 saturated heterocycles. The molecule has 0 spiro atoms. The Hall–Kier alpha value is -2.82. The Morgan fingerprint density at radius 1 is 1.16 bits per heavy atom. The minimum atomic E-state index is -3.65. The van der Waals surface area contributed by atoms with Crippen LogP contribution in [0.2, 0.25) is 0 Å². The average Bonchev–Trinajstić information content (AvgIpc) is 3.16. The number of amides is 2. The van der Waals surface area contributed by atoms with Crippen LogP contribution in [0.15, 0.2) is 53.4 Å². The molecule has 1 fully saturated rings. The summed E-state index contributed by atoms with van der Waals surface area (Å²) in [6.45, 7) is 3.39. The quantitative estimate of drug-likeness (QED) is 0.527. The molecule has 2 aromatic rings. The van der Waals surface area contributed by atoms with Crippen molar-refractivity contribution in [2.45, 2.75) is 24.7 Å². The predicted octanol–water partition coefficient (Wildman–Crippen LogP) is 2.52. The van der Waals surface area contributed by atoms with Gasteiger partial charge < -0.3 is 15.0 Å². The van der Waals surface area contributed by atoms with Gasteiger partial charge in [-0.1, -0.05) is 0 Å². The summed E-state index contributed by atoms with van der Waals surface area (Å²) in [5.74, 6) is -1.52. The number of carbonyl (C=O) groups excluding carboxylic acids is 2. The first-order chi connectivity index (χ1) is 15.3. The van der Waals surface area contributed by atoms with Gasteiger partial charge in [-0.15, -0.1) is 0 Å². The van der Waals surface area contributed by atoms with E-state index in [0.717, 1.165) is 0 Å². The van der Waals surface area contributed by atoms with Gasteiger partial charge in [0.25, 0.3) is 0 Å². The van der Waals surface area contributed by atoms with Crippen molar-refractivity contribution in [1.29, 1.82) is 0 Å². The number of halogens is 1. The van der Waals surface area contributed by atoms with Gasteiger partial charge in [0.15, 0.2) is 0 Å². The van der Waals surface area contributed by atoms with Crippen molar-refractivity contribution >= 4 is 33.2 Å². The molecule has 0 saturated carbocycles. The molecule has 1 aliphatic rings. The Balaban J connectivity index is 1.55. The normalized spacial score (nSPS) is 16.4. The summed E-state index contributed by atoms with van der Waals surface area (Å²) in [5.41, 5.74) is 0.966. The summed E-state index contributed by atoms with van der Waals surface area (Å²) in [7, 11) is -3.65. The maximum absolute atomic E-state index is 13.1. The number of nitrogens with one attached hydrogen (secondary N) is 2. The summed E-state index contributed by atoms with van der Waals surface area (Å²) >= 11 is 0. The number of hydrogen-bond acceptors (Lipinski definition) is 5. The number of ether oxygens (including phenoxy) is 1. The Morgan fingerprint density at radius 2 is 1.84 bits per heavy atom. The number of rotatable bonds is 10. The molecule has 2 amide bonds. The number of sulfonamides is 1. The summed E-state index contributed by atoms with van der Waals surface area (Å²) in [6, 6.07) is 11.3. The lowest BCUT2D eigenvalue weighted by molar-refractivity contribution is -0.122. The van der Waals surface area contributed by atoms with Crippen molar-refractivity contribution in [3.05, 3.63) is 54.3 Å². The van der Waals surface area contributed by atoms with Gasteiger partial charge in [0.1, 0.15) is 5.82 Å². The van der Waals surface area contributed by atoms with E-state index in [1.165, 1.54) is 53.4 Å². The number of nitrogens with zero attached hydrogens (tertiary/aromatic N) is 1. The average molecular weight is 464 g/mol. The van der Waals surface area contributed by atoms with Crippen LogP contribution in [-0.4, -0.2) is 46.5 Å². The third-order valence-electron chi connectivity index (χ3n) is 5.03. The molecule has 0 aliphatic carbocycles. The number of benzene rings is 2. The Morgan fingerprint density at radius 3 is 2.50 bits per heavy atom. The second-order valence-electron chi connectivity index (χ2n) is 7.34. The topological polar surface area (TPSA) is 105 Å². The van der Waals surface area contributed by atoms with Crippen molar-refractivity contribution in [3.8, 4) is 0 Å². The lowest BCUT2D eigenvalue weighted by Gasteiger charge is -2.16. The van der Waals surface area contributed by atoms with E-state index in [2.05, 4.69) is 10.0 Å². The third kappa shape index (κ3) is 6.12. The van der Waals surface area contributed by atoms with Crippen LogP contribution >= 0.6 is 0 Å². The zero-order valence-corrected chi connectivity index (χ0v) is 18.5. The van der Waals surface area contributed by atoms with E-state index < -0.39 is 21.8 Å². The third-order valence-corrected chi connectivity index (χ3v) is 6.50. The minimum absolute atomic E-state index is 0.0430. The minimum Gasteiger partial charge on any atom is -0.382 e. The smallest absolute Gasteiger partial charge is 0.240 e. The molecule has 1 aliphatic heterocycles. The van der Waals surface area contributed by atoms with E-state index in [-0.39, 0.29) is 36.2 Å². The first-order valence-electron chi connectivity index (χ1n) is 10.3. The van der Waals surface area contributed by atoms with Gasteiger partial charge in [-0.25, -0.2) is 17.5 Å². The van der Waals surface area contributed by atoms with E-state index in [9.17, 15) is 22.4 Å². The first kappa shape index (κ1) is 23.8. The molecular weight excluding hydrogens is 437 g/mol. The lowest BCUT2D eigenvalue weighted by Crippen LogP contribution is -2.28. The molecule has 2 N–H and O–H groups in total. The molecule has 8 nitrogen and oxygen atoms in total. The fourth-order valence-electron chi connectivity index (χ4n) is 3.32. The van der Waals surface area contributed by atoms with Gasteiger partial charge in [-0.2, -0.15) is 0 Å². The molecule has 0 aromatic heterocycles. The van der Waals surface area contributed by atoms with Crippen LogP contribution in [0.4, 0.5) is 15.8 Å². The van der Waals surface area contributed by atoms with Crippen molar-refractivity contribution in [2.24, 2.45) is 5.92 Å². The second-order valence-corrected chi connectivity index (χ2v) is 9.11. The van der Waals surface area contributed by atoms with Crippen LogP contribution < -0.4 is 14.9 Å². The summed E-state index contributed by atoms with van der Waals surface area (Å²) in [6.07, 6.45) is 0.609. The van der Waals surface area contributed by atoms with Gasteiger partial charge in [-0.3, -0.25) is 9.59 Å². The summed E-state index contributed by atoms with van der Waals surface area (Å²) in [4.78, 5) is 26.4. The maximum atomic E-state index is 13.1. The van der Waals surface area contributed by atoms with Crippen LogP contribution in [0.25, 0.3) is 0 Å². The van der Waals surface area contributed by atoms with Crippen LogP contribution in [0, 0.1) is 11.7 Å². The summed E-state index contributed by atoms with van der Waals surface area (Å²) < 4.78 is 45.5. The van der Waals surface area contributed by atoms with Gasteiger partial charge in [0.05, 0.1) is 10.8 Å². The van der Waals surface area contributed by atoms with E-state index >= 15 is 0 Å². The van der Waals surface area contributed by atoms with Crippen LogP contribution in [0.1, 0.15) is 19.8 Å². The molecule has 0 bridgehead atoms. The number of hydrogen-bond donors (Lipinski definition) is 2. The number of carbonyl (C=O) groups is 2. The lowest BCUT2D eigenvalue weighted by atomic mass is 10.1. The molecule has 1 heterocycles. The van der Waals surface area contributed by atoms with Gasteiger partial charge >= 0.3 is 0 Å². The summed E-state index contributed by atoms with van der Waals surface area (Å²) in [5, 5.41) is 2.72. The highest BCUT2D eigenvalue weighted by atomic mass is 32.2. The fourth-order valence-corrected chi connectivity index (χ4v) is 4.40. The molecule has 0 radical (unpaired) electrons. The van der Waals surface area contributed by atoms with Crippen LogP contribution in [0.5, 0.6) is 0 Å². The molecule has 2 aromatic carbocycles. The SMILES string of the molecule is CCOCCCNS(=O)(=O)c1ccc(NC(=O)[C@@H]2CC(=O)N(c3ccc(F)cc3)C2)cc1. The van der Waals surface area contributed by atoms with Crippen LogP contribution in [-0.2, 0) is 24.3 Å². The highest BCUT2D eigenvalue weighted by Crippen LogP contribution is 2.26. The van der Waals surface area contributed by atoms with Gasteiger partial charge in [-0.05, 0) is 61.9 Å². The molecule has 3 rings (SSSR count). The van der Waals surface area contributed by atoms with Crippen molar-refractivity contribution in [3.63, 3.8) is 0 Å². The predicted molar refractivity (Wildman–Crippen MR) is 118 cm³/mol. The molecule has 32 heavy (non-hydrogen) atoms. The molecule has 1 atom stereocenters. The van der Waals surface area contributed by atoms with Crippen molar-refractivity contribution < 1.29 is 27.1 Å². The Labute approximate surface area is 186 Å². The van der Waals surface area contributed by atoms with E-state index in [4.69, 9.17) is 4.74 Å². The highest BCUT2D eigenvalue weighted by Gasteiger charge is 2.35. The van der Waals surface area contributed by atoms with E-state index in [1.54, 1.807) is 0 Å². The highest BCUT2D eigenvalue weighted by molar-refractivity contribution is 7.89. The molecule has 172 valence electrons. The zero-order chi connectivity index (χ0) is 23.1. The van der Waals surface area contributed by atoms with Crippen LogP contribution in [0.3, 0.4) is 0 Å². The Kier molecular flexibility index (Phi) is 7.94. The first-order valence-corrected chi connectivity index (χ1v) is 11.8.